The molecule has 2 aromatic carbocycles. The second-order valence-electron chi connectivity index (χ2n) is 7.18. The zero-order valence-corrected chi connectivity index (χ0v) is 17.6. The molecule has 1 amide bonds. The van der Waals surface area contributed by atoms with Crippen LogP contribution in [-0.4, -0.2) is 45.9 Å². The maximum atomic E-state index is 12.7. The van der Waals surface area contributed by atoms with Crippen molar-refractivity contribution in [3.8, 4) is 11.5 Å². The minimum absolute atomic E-state index is 0.169. The zero-order chi connectivity index (χ0) is 21.0. The summed E-state index contributed by atoms with van der Waals surface area (Å²) in [7, 11) is -3.48. The standard InChI is InChI=1S/C21H26N2O5S/c1-15-8-4-6-10-18(15)27-14-16(2)22-21(24)20-12-13-23(29(3,25)26)17-9-5-7-11-19(17)28-20/h4-11,16,20H,12-14H2,1-3H3,(H,22,24)/t16-,20-/m0/s1. The molecule has 2 atom stereocenters. The van der Waals surface area contributed by atoms with E-state index in [1.165, 1.54) is 4.31 Å². The normalized spacial score (nSPS) is 17.5. The lowest BCUT2D eigenvalue weighted by Gasteiger charge is -2.20. The van der Waals surface area contributed by atoms with Gasteiger partial charge >= 0.3 is 0 Å². The summed E-state index contributed by atoms with van der Waals surface area (Å²) in [5.41, 5.74) is 1.47. The van der Waals surface area contributed by atoms with E-state index in [1.54, 1.807) is 24.3 Å². The first-order valence-electron chi connectivity index (χ1n) is 9.48. The van der Waals surface area contributed by atoms with E-state index in [-0.39, 0.29) is 24.9 Å². The number of benzene rings is 2. The van der Waals surface area contributed by atoms with Crippen LogP contribution in [0.1, 0.15) is 18.9 Å². The number of carbonyl (C=O) groups excluding carboxylic acids is 1. The summed E-state index contributed by atoms with van der Waals surface area (Å²) >= 11 is 0. The molecule has 1 N–H and O–H groups in total. The van der Waals surface area contributed by atoms with Gasteiger partial charge in [-0.2, -0.15) is 0 Å². The van der Waals surface area contributed by atoms with Crippen molar-refractivity contribution in [3.05, 3.63) is 54.1 Å². The monoisotopic (exact) mass is 418 g/mol. The Bertz CT molecular complexity index is 977. The van der Waals surface area contributed by atoms with E-state index in [9.17, 15) is 13.2 Å². The number of amides is 1. The third kappa shape index (κ3) is 5.20. The van der Waals surface area contributed by atoms with Gasteiger partial charge < -0.3 is 14.8 Å². The van der Waals surface area contributed by atoms with E-state index >= 15 is 0 Å². The van der Waals surface area contributed by atoms with Crippen LogP contribution in [0.5, 0.6) is 11.5 Å². The third-order valence-corrected chi connectivity index (χ3v) is 5.84. The molecule has 29 heavy (non-hydrogen) atoms. The van der Waals surface area contributed by atoms with E-state index in [0.717, 1.165) is 17.6 Å². The van der Waals surface area contributed by atoms with E-state index < -0.39 is 16.1 Å². The van der Waals surface area contributed by atoms with E-state index in [2.05, 4.69) is 5.32 Å². The lowest BCUT2D eigenvalue weighted by atomic mass is 10.2. The van der Waals surface area contributed by atoms with Crippen molar-refractivity contribution >= 4 is 21.6 Å². The Hall–Kier alpha value is -2.74. The maximum Gasteiger partial charge on any atom is 0.261 e. The summed E-state index contributed by atoms with van der Waals surface area (Å²) in [6.07, 6.45) is 0.609. The van der Waals surface area contributed by atoms with Crippen LogP contribution in [0.4, 0.5) is 5.69 Å². The molecule has 0 radical (unpaired) electrons. The van der Waals surface area contributed by atoms with Gasteiger partial charge in [-0.05, 0) is 37.6 Å². The highest BCUT2D eigenvalue weighted by molar-refractivity contribution is 7.92. The smallest absolute Gasteiger partial charge is 0.261 e. The maximum absolute atomic E-state index is 12.7. The summed E-state index contributed by atoms with van der Waals surface area (Å²) in [5.74, 6) is 0.854. The Morgan fingerprint density at radius 3 is 2.66 bits per heavy atom. The van der Waals surface area contributed by atoms with Crippen molar-refractivity contribution in [1.82, 2.24) is 5.32 Å². The van der Waals surface area contributed by atoms with E-state index in [4.69, 9.17) is 9.47 Å². The van der Waals surface area contributed by atoms with Gasteiger partial charge in [0.05, 0.1) is 18.0 Å². The summed E-state index contributed by atoms with van der Waals surface area (Å²) in [6, 6.07) is 14.3. The van der Waals surface area contributed by atoms with Crippen LogP contribution in [0.3, 0.4) is 0 Å². The molecule has 8 heteroatoms. The summed E-state index contributed by atoms with van der Waals surface area (Å²) < 4.78 is 37.2. The van der Waals surface area contributed by atoms with Gasteiger partial charge in [-0.3, -0.25) is 9.10 Å². The van der Waals surface area contributed by atoms with Crippen molar-refractivity contribution in [2.75, 3.05) is 23.7 Å². The number of ether oxygens (including phenoxy) is 2. The molecule has 0 saturated heterocycles. The summed E-state index contributed by atoms with van der Waals surface area (Å²) in [4.78, 5) is 12.7. The lowest BCUT2D eigenvalue weighted by Crippen LogP contribution is -2.45. The Kier molecular flexibility index (Phi) is 6.32. The van der Waals surface area contributed by atoms with Crippen LogP contribution in [0, 0.1) is 6.92 Å². The molecule has 0 aliphatic carbocycles. The fraction of sp³-hybridized carbons (Fsp3) is 0.381. The molecular formula is C21H26N2O5S. The van der Waals surface area contributed by atoms with Gasteiger partial charge in [-0.15, -0.1) is 0 Å². The molecule has 0 unspecified atom stereocenters. The number of anilines is 1. The number of nitrogens with one attached hydrogen (secondary N) is 1. The minimum Gasteiger partial charge on any atom is -0.491 e. The number of hydrogen-bond acceptors (Lipinski definition) is 5. The topological polar surface area (TPSA) is 84.9 Å². The Morgan fingerprint density at radius 1 is 1.24 bits per heavy atom. The first-order valence-corrected chi connectivity index (χ1v) is 11.3. The molecule has 3 rings (SSSR count). The highest BCUT2D eigenvalue weighted by atomic mass is 32.2. The van der Waals surface area contributed by atoms with Crippen molar-refractivity contribution in [2.45, 2.75) is 32.4 Å². The molecule has 0 saturated carbocycles. The Morgan fingerprint density at radius 2 is 1.93 bits per heavy atom. The predicted molar refractivity (Wildman–Crippen MR) is 112 cm³/mol. The van der Waals surface area contributed by atoms with Crippen LogP contribution in [0.2, 0.25) is 0 Å². The Labute approximate surface area is 171 Å². The number of aryl methyl sites for hydroxylation is 1. The summed E-state index contributed by atoms with van der Waals surface area (Å²) in [5, 5.41) is 2.89. The molecule has 0 bridgehead atoms. The van der Waals surface area contributed by atoms with E-state index in [0.29, 0.717) is 18.0 Å². The number of sulfonamides is 1. The molecule has 1 heterocycles. The fourth-order valence-electron chi connectivity index (χ4n) is 3.17. The molecule has 0 aromatic heterocycles. The van der Waals surface area contributed by atoms with Gasteiger partial charge in [-0.1, -0.05) is 30.3 Å². The average molecular weight is 419 g/mol. The summed E-state index contributed by atoms with van der Waals surface area (Å²) in [6.45, 7) is 4.30. The highest BCUT2D eigenvalue weighted by Crippen LogP contribution is 2.33. The SMILES string of the molecule is Cc1ccccc1OC[C@H](C)NC(=O)[C@@H]1CCN(S(C)(=O)=O)c2ccccc2O1. The van der Waals surface area contributed by atoms with Crippen LogP contribution in [0.25, 0.3) is 0 Å². The zero-order valence-electron chi connectivity index (χ0n) is 16.8. The second kappa shape index (κ2) is 8.73. The molecule has 0 spiro atoms. The number of nitrogens with zero attached hydrogens (tertiary/aromatic N) is 1. The number of fused-ring (bicyclic) bond motifs is 1. The van der Waals surface area contributed by atoms with Gasteiger partial charge in [-0.25, -0.2) is 8.42 Å². The first-order chi connectivity index (χ1) is 13.8. The molecular weight excluding hydrogens is 392 g/mol. The average Bonchev–Trinajstić information content (AvgIpc) is 2.87. The van der Waals surface area contributed by atoms with Gasteiger partial charge in [0, 0.05) is 13.0 Å². The number of hydrogen-bond donors (Lipinski definition) is 1. The number of rotatable bonds is 6. The first kappa shape index (κ1) is 21.0. The number of para-hydroxylation sites is 3. The van der Waals surface area contributed by atoms with Gasteiger partial charge in [0.2, 0.25) is 10.0 Å². The van der Waals surface area contributed by atoms with Crippen molar-refractivity contribution in [1.29, 1.82) is 0 Å². The number of carbonyl (C=O) groups is 1. The lowest BCUT2D eigenvalue weighted by molar-refractivity contribution is -0.128. The largest absolute Gasteiger partial charge is 0.491 e. The van der Waals surface area contributed by atoms with Crippen LogP contribution in [-0.2, 0) is 14.8 Å². The minimum atomic E-state index is -3.48. The molecule has 2 aromatic rings. The van der Waals surface area contributed by atoms with Crippen LogP contribution in [0.15, 0.2) is 48.5 Å². The molecule has 1 aliphatic heterocycles. The van der Waals surface area contributed by atoms with Crippen LogP contribution >= 0.6 is 0 Å². The van der Waals surface area contributed by atoms with Gasteiger partial charge in [0.25, 0.3) is 5.91 Å². The Balaban J connectivity index is 1.65. The quantitative estimate of drug-likeness (QED) is 0.779. The molecule has 156 valence electrons. The van der Waals surface area contributed by atoms with Crippen LogP contribution < -0.4 is 19.1 Å². The second-order valence-corrected chi connectivity index (χ2v) is 9.09. The fourth-order valence-corrected chi connectivity index (χ4v) is 4.11. The van der Waals surface area contributed by atoms with Crippen molar-refractivity contribution in [3.63, 3.8) is 0 Å². The highest BCUT2D eigenvalue weighted by Gasteiger charge is 2.31. The van der Waals surface area contributed by atoms with Crippen molar-refractivity contribution in [2.24, 2.45) is 0 Å². The van der Waals surface area contributed by atoms with Gasteiger partial charge in [0.15, 0.2) is 6.10 Å². The molecule has 7 nitrogen and oxygen atoms in total. The predicted octanol–water partition coefficient (Wildman–Crippen LogP) is 2.50. The molecule has 0 fully saturated rings. The third-order valence-electron chi connectivity index (χ3n) is 4.66. The van der Waals surface area contributed by atoms with Gasteiger partial charge in [0.1, 0.15) is 18.1 Å². The van der Waals surface area contributed by atoms with E-state index in [1.807, 2.05) is 38.1 Å². The molecule has 1 aliphatic rings. The van der Waals surface area contributed by atoms with Crippen molar-refractivity contribution < 1.29 is 22.7 Å².